The molecule has 3 heterocycles. The smallest absolute Gasteiger partial charge is 0.254 e. The zero-order valence-corrected chi connectivity index (χ0v) is 19.3. The molecular weight excluding hydrogens is 442 g/mol. The number of nitrogens with one attached hydrogen (secondary N) is 2. The van der Waals surface area contributed by atoms with Crippen LogP contribution in [0, 0.1) is 0 Å². The Bertz CT molecular complexity index is 1420. The average molecular weight is 468 g/mol. The van der Waals surface area contributed by atoms with E-state index in [1.165, 1.54) is 6.92 Å². The molecule has 0 radical (unpaired) electrons. The number of hydrogen-bond donors (Lipinski definition) is 3. The molecule has 5 rings (SSSR count). The number of phenolic OH excluding ortho intramolecular Hbond substituents is 1. The Morgan fingerprint density at radius 1 is 1.00 bits per heavy atom. The normalized spacial score (nSPS) is 14.0. The maximum Gasteiger partial charge on any atom is 0.254 e. The second-order valence-electron chi connectivity index (χ2n) is 8.49. The van der Waals surface area contributed by atoms with Gasteiger partial charge < -0.3 is 15.3 Å². The summed E-state index contributed by atoms with van der Waals surface area (Å²) < 4.78 is 0. The van der Waals surface area contributed by atoms with Crippen LogP contribution in [0.1, 0.15) is 38.9 Å². The summed E-state index contributed by atoms with van der Waals surface area (Å²) in [5, 5.41) is 21.0. The number of amides is 1. The predicted octanol–water partition coefficient (Wildman–Crippen LogP) is 3.75. The minimum Gasteiger partial charge on any atom is -0.508 e. The van der Waals surface area contributed by atoms with Gasteiger partial charge in [-0.15, -0.1) is 0 Å². The first kappa shape index (κ1) is 22.5. The third-order valence-electron chi connectivity index (χ3n) is 6.11. The molecule has 0 atom stereocenters. The van der Waals surface area contributed by atoms with Gasteiger partial charge in [-0.05, 0) is 48.9 Å². The lowest BCUT2D eigenvalue weighted by atomic mass is 10.0. The number of rotatable bonds is 5. The van der Waals surface area contributed by atoms with E-state index in [4.69, 9.17) is 4.98 Å². The van der Waals surface area contributed by atoms with E-state index in [-0.39, 0.29) is 17.4 Å². The van der Waals surface area contributed by atoms with E-state index in [1.54, 1.807) is 42.5 Å². The summed E-state index contributed by atoms with van der Waals surface area (Å²) in [6, 6.07) is 15.8. The highest BCUT2D eigenvalue weighted by Crippen LogP contribution is 2.29. The monoisotopic (exact) mass is 467 g/mol. The van der Waals surface area contributed by atoms with Crippen molar-refractivity contribution in [1.29, 1.82) is 0 Å². The number of piperazine rings is 1. The number of carbonyl (C=O) groups is 2. The van der Waals surface area contributed by atoms with Crippen molar-refractivity contribution in [2.24, 2.45) is 0 Å². The van der Waals surface area contributed by atoms with Crippen molar-refractivity contribution in [3.05, 3.63) is 77.0 Å². The van der Waals surface area contributed by atoms with Crippen LogP contribution in [0.2, 0.25) is 0 Å². The summed E-state index contributed by atoms with van der Waals surface area (Å²) in [6.45, 7) is 4.29. The number of carbonyl (C=O) groups excluding carboxylic acids is 2. The maximum absolute atomic E-state index is 13.6. The second-order valence-corrected chi connectivity index (χ2v) is 8.49. The van der Waals surface area contributed by atoms with Crippen LogP contribution in [-0.2, 0) is 0 Å². The maximum atomic E-state index is 13.6. The van der Waals surface area contributed by atoms with Gasteiger partial charge in [0.15, 0.2) is 11.4 Å². The molecule has 0 unspecified atom stereocenters. The fourth-order valence-electron chi connectivity index (χ4n) is 4.16. The van der Waals surface area contributed by atoms with Crippen molar-refractivity contribution < 1.29 is 14.7 Å². The molecule has 1 amide bonds. The van der Waals surface area contributed by atoms with Gasteiger partial charge in [0.2, 0.25) is 0 Å². The lowest BCUT2D eigenvalue weighted by molar-refractivity contribution is 0.0737. The molecule has 176 valence electrons. The van der Waals surface area contributed by atoms with Gasteiger partial charge in [0.1, 0.15) is 5.75 Å². The topological polar surface area (TPSA) is 111 Å². The van der Waals surface area contributed by atoms with E-state index in [9.17, 15) is 14.7 Å². The van der Waals surface area contributed by atoms with Crippen molar-refractivity contribution >= 4 is 34.9 Å². The fraction of sp³-hybridized carbons (Fsp3) is 0.185. The highest BCUT2D eigenvalue weighted by molar-refractivity contribution is 6.09. The Morgan fingerprint density at radius 3 is 2.40 bits per heavy atom. The van der Waals surface area contributed by atoms with Gasteiger partial charge in [0.05, 0.1) is 22.3 Å². The molecule has 1 fully saturated rings. The molecule has 0 saturated carbocycles. The number of benzene rings is 2. The van der Waals surface area contributed by atoms with Crippen LogP contribution in [-0.4, -0.2) is 63.1 Å². The molecule has 1 saturated heterocycles. The lowest BCUT2D eigenvalue weighted by Crippen LogP contribution is -2.46. The molecule has 1 aliphatic rings. The number of pyridine rings is 1. The summed E-state index contributed by atoms with van der Waals surface area (Å²) in [6.07, 6.45) is 3.78. The Kier molecular flexibility index (Phi) is 6.12. The molecule has 3 N–H and O–H groups in total. The minimum atomic E-state index is -0.0687. The van der Waals surface area contributed by atoms with Gasteiger partial charge in [-0.1, -0.05) is 30.3 Å². The molecule has 1 aliphatic heterocycles. The molecule has 0 bridgehead atoms. The number of fused-ring (bicyclic) bond motifs is 1. The van der Waals surface area contributed by atoms with E-state index in [2.05, 4.69) is 15.5 Å². The van der Waals surface area contributed by atoms with Gasteiger partial charge in [-0.2, -0.15) is 5.10 Å². The number of phenols is 1. The molecule has 8 nitrogen and oxygen atoms in total. The summed E-state index contributed by atoms with van der Waals surface area (Å²) >= 11 is 0. The molecule has 35 heavy (non-hydrogen) atoms. The number of aromatic amines is 1. The molecule has 4 aromatic rings. The third-order valence-corrected chi connectivity index (χ3v) is 6.11. The van der Waals surface area contributed by atoms with Crippen LogP contribution in [0.25, 0.3) is 34.4 Å². The first-order chi connectivity index (χ1) is 17.0. The van der Waals surface area contributed by atoms with Gasteiger partial charge in [0, 0.05) is 37.3 Å². The number of ketones is 1. The summed E-state index contributed by atoms with van der Waals surface area (Å²) in [7, 11) is 0. The van der Waals surface area contributed by atoms with Crippen LogP contribution in [0.15, 0.2) is 54.6 Å². The second kappa shape index (κ2) is 9.52. The van der Waals surface area contributed by atoms with E-state index >= 15 is 0 Å². The Morgan fingerprint density at radius 2 is 1.71 bits per heavy atom. The van der Waals surface area contributed by atoms with E-state index in [0.717, 1.165) is 24.2 Å². The highest BCUT2D eigenvalue weighted by Gasteiger charge is 2.24. The van der Waals surface area contributed by atoms with E-state index < -0.39 is 0 Å². The number of H-pyrrole nitrogens is 1. The minimum absolute atomic E-state index is 0.0201. The van der Waals surface area contributed by atoms with Crippen molar-refractivity contribution in [2.45, 2.75) is 6.92 Å². The average Bonchev–Trinajstić information content (AvgIpc) is 3.30. The van der Waals surface area contributed by atoms with Crippen LogP contribution < -0.4 is 5.32 Å². The number of aromatic nitrogens is 3. The first-order valence-corrected chi connectivity index (χ1v) is 11.5. The molecule has 0 aliphatic carbocycles. The Hall–Kier alpha value is -4.30. The lowest BCUT2D eigenvalue weighted by Gasteiger charge is -2.27. The molecule has 8 heteroatoms. The van der Waals surface area contributed by atoms with Gasteiger partial charge in [0.25, 0.3) is 5.91 Å². The van der Waals surface area contributed by atoms with Gasteiger partial charge in [-0.3, -0.25) is 14.7 Å². The standard InChI is InChI=1S/C27H25N5O3/c1-17(33)19-5-2-18(3-6-19)4-11-23-25-22(27(35)32-14-12-28-13-15-32)16-24(29-26(25)31-30-23)20-7-9-21(34)10-8-20/h2-11,16,28,34H,12-15H2,1H3,(H,29,30,31)/b11-4+. The number of nitrogens with zero attached hydrogens (tertiary/aromatic N) is 3. The molecular formula is C27H25N5O3. The predicted molar refractivity (Wildman–Crippen MR) is 135 cm³/mol. The van der Waals surface area contributed by atoms with E-state index in [0.29, 0.717) is 46.6 Å². The summed E-state index contributed by atoms with van der Waals surface area (Å²) in [5.74, 6) is 0.114. The van der Waals surface area contributed by atoms with Crippen molar-refractivity contribution in [1.82, 2.24) is 25.4 Å². The van der Waals surface area contributed by atoms with E-state index in [1.807, 2.05) is 29.2 Å². The Balaban J connectivity index is 1.58. The van der Waals surface area contributed by atoms with Crippen LogP contribution >= 0.6 is 0 Å². The summed E-state index contributed by atoms with van der Waals surface area (Å²) in [4.78, 5) is 31.7. The fourth-order valence-corrected chi connectivity index (χ4v) is 4.16. The summed E-state index contributed by atoms with van der Waals surface area (Å²) in [5.41, 5.74) is 4.62. The molecule has 0 spiro atoms. The number of aromatic hydroxyl groups is 1. The van der Waals surface area contributed by atoms with Gasteiger partial charge in [-0.25, -0.2) is 4.98 Å². The zero-order chi connectivity index (χ0) is 24.4. The van der Waals surface area contributed by atoms with Crippen LogP contribution in [0.3, 0.4) is 0 Å². The highest BCUT2D eigenvalue weighted by atomic mass is 16.3. The quantitative estimate of drug-likeness (QED) is 0.386. The van der Waals surface area contributed by atoms with Crippen molar-refractivity contribution in [3.63, 3.8) is 0 Å². The SMILES string of the molecule is CC(=O)c1ccc(/C=C/c2[nH]nc3nc(-c4ccc(O)cc4)cc(C(=O)N4CCNCC4)c23)cc1. The zero-order valence-electron chi connectivity index (χ0n) is 19.3. The van der Waals surface area contributed by atoms with Crippen LogP contribution in [0.5, 0.6) is 5.75 Å². The van der Waals surface area contributed by atoms with Crippen molar-refractivity contribution in [3.8, 4) is 17.0 Å². The Labute approximate surface area is 202 Å². The molecule has 2 aromatic heterocycles. The largest absolute Gasteiger partial charge is 0.508 e. The first-order valence-electron chi connectivity index (χ1n) is 11.5. The number of hydrogen-bond acceptors (Lipinski definition) is 6. The van der Waals surface area contributed by atoms with Gasteiger partial charge >= 0.3 is 0 Å². The van der Waals surface area contributed by atoms with Crippen molar-refractivity contribution in [2.75, 3.05) is 26.2 Å². The number of Topliss-reactive ketones (excluding diaryl/α,β-unsaturated/α-hetero) is 1. The molecule has 2 aromatic carbocycles. The third kappa shape index (κ3) is 4.69. The van der Waals surface area contributed by atoms with Crippen LogP contribution in [0.4, 0.5) is 0 Å².